The summed E-state index contributed by atoms with van der Waals surface area (Å²) in [6.45, 7) is 6.11. The third-order valence-corrected chi connectivity index (χ3v) is 8.63. The second-order valence-electron chi connectivity index (χ2n) is 11.1. The lowest BCUT2D eigenvalue weighted by molar-refractivity contribution is -0.125. The normalized spacial score (nSPS) is 15.8. The average molecular weight is 646 g/mol. The Kier molecular flexibility index (Phi) is 11.6. The molecule has 0 bridgehead atoms. The van der Waals surface area contributed by atoms with E-state index >= 15 is 0 Å². The third-order valence-electron chi connectivity index (χ3n) is 8.39. The van der Waals surface area contributed by atoms with Crippen LogP contribution in [-0.2, 0) is 42.2 Å². The number of fused-ring (bicyclic) bond motifs is 3. The molecule has 0 radical (unpaired) electrons. The SMILES string of the molecule is CCOCCOCCOCCOC(=O)N1CCC2(CC1)C(=O)N(Cc1nc3ccc(Cl)cc3n1CCCCF)c1cnccc12. The smallest absolute Gasteiger partial charge is 0.409 e. The summed E-state index contributed by atoms with van der Waals surface area (Å²) in [6.07, 6.45) is 5.02. The van der Waals surface area contributed by atoms with Crippen molar-refractivity contribution in [2.24, 2.45) is 0 Å². The van der Waals surface area contributed by atoms with Crippen LogP contribution in [0.2, 0.25) is 5.02 Å². The van der Waals surface area contributed by atoms with Crippen molar-refractivity contribution in [1.29, 1.82) is 0 Å². The quantitative estimate of drug-likeness (QED) is 0.202. The van der Waals surface area contributed by atoms with Crippen LogP contribution in [0.4, 0.5) is 14.9 Å². The summed E-state index contributed by atoms with van der Waals surface area (Å²) >= 11 is 6.30. The van der Waals surface area contributed by atoms with Crippen LogP contribution in [0.25, 0.3) is 11.0 Å². The van der Waals surface area contributed by atoms with Crippen LogP contribution in [0.5, 0.6) is 0 Å². The first-order valence-corrected chi connectivity index (χ1v) is 16.0. The lowest BCUT2D eigenvalue weighted by Gasteiger charge is -2.38. The summed E-state index contributed by atoms with van der Waals surface area (Å²) < 4.78 is 36.5. The van der Waals surface area contributed by atoms with Crippen molar-refractivity contribution in [3.63, 3.8) is 0 Å². The topological polar surface area (TPSA) is 108 Å². The first kappa shape index (κ1) is 33.1. The number of hydrogen-bond acceptors (Lipinski definition) is 8. The number of carbonyl (C=O) groups excluding carboxylic acids is 2. The highest BCUT2D eigenvalue weighted by Gasteiger charge is 2.53. The number of piperidine rings is 1. The number of anilines is 1. The summed E-state index contributed by atoms with van der Waals surface area (Å²) in [7, 11) is 0. The van der Waals surface area contributed by atoms with E-state index in [1.165, 1.54) is 0 Å². The van der Waals surface area contributed by atoms with E-state index in [0.717, 1.165) is 22.3 Å². The number of rotatable bonds is 16. The number of aryl methyl sites for hydroxylation is 1. The van der Waals surface area contributed by atoms with Crippen LogP contribution in [0.1, 0.15) is 44.0 Å². The largest absolute Gasteiger partial charge is 0.447 e. The standard InChI is InChI=1S/C32H41ClFN5O6/c1-2-42-15-16-43-17-18-44-19-20-45-31(41)37-13-8-32(9-14-37)25-7-11-35-22-28(25)39(30(32)40)23-29-36-26-6-5-24(33)21-27(26)38(29)12-4-3-10-34/h5-7,11,21-22H,2-4,8-10,12-20,23H2,1H3. The number of alkyl halides is 1. The molecule has 45 heavy (non-hydrogen) atoms. The van der Waals surface area contributed by atoms with Gasteiger partial charge in [-0.3, -0.25) is 14.2 Å². The number of unbranched alkanes of at least 4 members (excludes halogenated alkanes) is 1. The zero-order valence-electron chi connectivity index (χ0n) is 25.7. The summed E-state index contributed by atoms with van der Waals surface area (Å²) in [5.74, 6) is 0.669. The Morgan fingerprint density at radius 3 is 2.49 bits per heavy atom. The number of nitrogens with zero attached hydrogens (tertiary/aromatic N) is 5. The number of likely N-dealkylation sites (tertiary alicyclic amines) is 1. The number of hydrogen-bond donors (Lipinski definition) is 0. The molecule has 0 aliphatic carbocycles. The van der Waals surface area contributed by atoms with Gasteiger partial charge in [0.1, 0.15) is 12.4 Å². The third kappa shape index (κ3) is 7.57. The molecule has 1 spiro atoms. The molecule has 244 valence electrons. The summed E-state index contributed by atoms with van der Waals surface area (Å²) in [6, 6.07) is 7.40. The van der Waals surface area contributed by atoms with Gasteiger partial charge in [-0.2, -0.15) is 0 Å². The summed E-state index contributed by atoms with van der Waals surface area (Å²) in [4.78, 5) is 39.6. The van der Waals surface area contributed by atoms with Crippen LogP contribution < -0.4 is 4.90 Å². The molecule has 4 heterocycles. The minimum atomic E-state index is -0.769. The second kappa shape index (κ2) is 15.8. The summed E-state index contributed by atoms with van der Waals surface area (Å²) in [5, 5.41) is 0.586. The van der Waals surface area contributed by atoms with Gasteiger partial charge in [0.2, 0.25) is 5.91 Å². The Labute approximate surface area is 267 Å². The highest BCUT2D eigenvalue weighted by molar-refractivity contribution is 6.31. The average Bonchev–Trinajstić information content (AvgIpc) is 3.50. The van der Waals surface area contributed by atoms with Gasteiger partial charge in [0.25, 0.3) is 0 Å². The molecule has 1 fully saturated rings. The first-order chi connectivity index (χ1) is 22.0. The van der Waals surface area contributed by atoms with Crippen molar-refractivity contribution in [3.05, 3.63) is 53.1 Å². The van der Waals surface area contributed by atoms with E-state index in [0.29, 0.717) is 89.2 Å². The molecule has 1 aromatic carbocycles. The number of carbonyl (C=O) groups is 2. The minimum Gasteiger partial charge on any atom is -0.447 e. The zero-order chi connectivity index (χ0) is 31.6. The molecule has 11 nitrogen and oxygen atoms in total. The lowest BCUT2D eigenvalue weighted by atomic mass is 9.74. The molecule has 13 heteroatoms. The van der Waals surface area contributed by atoms with E-state index < -0.39 is 18.2 Å². The number of benzene rings is 1. The number of ether oxygens (including phenoxy) is 4. The van der Waals surface area contributed by atoms with Gasteiger partial charge in [-0.25, -0.2) is 9.78 Å². The molecular formula is C32H41ClFN5O6. The van der Waals surface area contributed by atoms with Gasteiger partial charge >= 0.3 is 6.09 Å². The van der Waals surface area contributed by atoms with Crippen molar-refractivity contribution in [1.82, 2.24) is 19.4 Å². The number of aromatic nitrogens is 3. The highest BCUT2D eigenvalue weighted by Crippen LogP contribution is 2.48. The van der Waals surface area contributed by atoms with Crippen molar-refractivity contribution >= 4 is 40.3 Å². The van der Waals surface area contributed by atoms with E-state index in [1.54, 1.807) is 28.3 Å². The van der Waals surface area contributed by atoms with Gasteiger partial charge in [-0.15, -0.1) is 0 Å². The Morgan fingerprint density at radius 1 is 1.02 bits per heavy atom. The summed E-state index contributed by atoms with van der Waals surface area (Å²) in [5.41, 5.74) is 2.51. The maximum Gasteiger partial charge on any atom is 0.409 e. The van der Waals surface area contributed by atoms with Gasteiger partial charge in [0.15, 0.2) is 0 Å². The zero-order valence-corrected chi connectivity index (χ0v) is 26.5. The maximum atomic E-state index is 14.3. The molecule has 2 amide bonds. The maximum absolute atomic E-state index is 14.3. The number of halogens is 2. The van der Waals surface area contributed by atoms with Crippen molar-refractivity contribution in [2.45, 2.75) is 51.1 Å². The van der Waals surface area contributed by atoms with Crippen molar-refractivity contribution < 1.29 is 32.9 Å². The Hall–Kier alpha value is -3.32. The first-order valence-electron chi connectivity index (χ1n) is 15.6. The number of imidazole rings is 1. The van der Waals surface area contributed by atoms with E-state index in [-0.39, 0.29) is 25.7 Å². The minimum absolute atomic E-state index is 0.0317. The molecular weight excluding hydrogens is 605 g/mol. The van der Waals surface area contributed by atoms with Crippen molar-refractivity contribution in [3.8, 4) is 0 Å². The van der Waals surface area contributed by atoms with Crippen LogP contribution in [0.3, 0.4) is 0 Å². The van der Waals surface area contributed by atoms with E-state index in [9.17, 15) is 14.0 Å². The van der Waals surface area contributed by atoms with Crippen LogP contribution in [0, 0.1) is 0 Å². The monoisotopic (exact) mass is 645 g/mol. The van der Waals surface area contributed by atoms with E-state index in [2.05, 4.69) is 4.98 Å². The lowest BCUT2D eigenvalue weighted by Crippen LogP contribution is -2.50. The molecule has 3 aromatic rings. The van der Waals surface area contributed by atoms with Crippen LogP contribution in [-0.4, -0.2) is 97.4 Å². The molecule has 2 aliphatic heterocycles. The van der Waals surface area contributed by atoms with Crippen LogP contribution in [0.15, 0.2) is 36.7 Å². The number of pyridine rings is 1. The van der Waals surface area contributed by atoms with Gasteiger partial charge in [-0.1, -0.05) is 11.6 Å². The molecule has 0 N–H and O–H groups in total. The number of amides is 2. The fraction of sp³-hybridized carbons (Fsp3) is 0.562. The Balaban J connectivity index is 1.20. The Bertz CT molecular complexity index is 1450. The van der Waals surface area contributed by atoms with Gasteiger partial charge in [-0.05, 0) is 62.4 Å². The highest BCUT2D eigenvalue weighted by atomic mass is 35.5. The molecule has 2 aliphatic rings. The van der Waals surface area contributed by atoms with E-state index in [4.69, 9.17) is 35.5 Å². The second-order valence-corrected chi connectivity index (χ2v) is 11.5. The molecule has 0 atom stereocenters. The van der Waals surface area contributed by atoms with Gasteiger partial charge < -0.3 is 33.3 Å². The van der Waals surface area contributed by atoms with E-state index in [1.807, 2.05) is 29.7 Å². The predicted molar refractivity (Wildman–Crippen MR) is 167 cm³/mol. The molecule has 2 aromatic heterocycles. The van der Waals surface area contributed by atoms with Crippen LogP contribution >= 0.6 is 11.6 Å². The van der Waals surface area contributed by atoms with Crippen molar-refractivity contribution in [2.75, 3.05) is 70.9 Å². The fourth-order valence-corrected chi connectivity index (χ4v) is 6.25. The Morgan fingerprint density at radius 2 is 1.76 bits per heavy atom. The van der Waals surface area contributed by atoms with Gasteiger partial charge in [0.05, 0.1) is 74.6 Å². The predicted octanol–water partition coefficient (Wildman–Crippen LogP) is 4.92. The molecule has 0 saturated carbocycles. The van der Waals surface area contributed by atoms with Gasteiger partial charge in [0, 0.05) is 37.5 Å². The molecule has 1 saturated heterocycles. The molecule has 0 unspecified atom stereocenters. The fourth-order valence-electron chi connectivity index (χ4n) is 6.09. The molecule has 5 rings (SSSR count).